The van der Waals surface area contributed by atoms with Crippen LogP contribution in [-0.4, -0.2) is 41.9 Å². The van der Waals surface area contributed by atoms with Gasteiger partial charge >= 0.3 is 0 Å². The SMILES string of the molecule is CC[C@@](CCCCCC(=O)NC)(NC(=O)C1CCCNC1)c1ncc(-c2ccc3ccccc3c2)[nH]1. The molecule has 1 aromatic heterocycles. The zero-order valence-corrected chi connectivity index (χ0v) is 21.5. The Balaban J connectivity index is 1.56. The van der Waals surface area contributed by atoms with Crippen molar-refractivity contribution in [1.29, 1.82) is 0 Å². The summed E-state index contributed by atoms with van der Waals surface area (Å²) in [4.78, 5) is 33.3. The Bertz CT molecular complexity index is 1170. The van der Waals surface area contributed by atoms with Gasteiger partial charge in [0.1, 0.15) is 5.82 Å². The summed E-state index contributed by atoms with van der Waals surface area (Å²) in [5, 5.41) is 11.8. The van der Waals surface area contributed by atoms with Gasteiger partial charge in [0, 0.05) is 25.6 Å². The molecule has 0 spiro atoms. The molecule has 2 aromatic carbocycles. The zero-order valence-electron chi connectivity index (χ0n) is 21.5. The molecule has 4 rings (SSSR count). The highest BCUT2D eigenvalue weighted by Crippen LogP contribution is 2.32. The number of unbranched alkanes of at least 4 members (excludes halogenated alkanes) is 2. The molecule has 4 N–H and O–H groups in total. The van der Waals surface area contributed by atoms with Crippen molar-refractivity contribution in [3.63, 3.8) is 0 Å². The van der Waals surface area contributed by atoms with Gasteiger partial charge in [-0.05, 0) is 55.5 Å². The predicted octanol–water partition coefficient (Wildman–Crippen LogP) is 4.65. The Morgan fingerprint density at radius 3 is 2.69 bits per heavy atom. The van der Waals surface area contributed by atoms with E-state index in [1.807, 2.05) is 18.3 Å². The van der Waals surface area contributed by atoms with Crippen LogP contribution in [0.25, 0.3) is 22.0 Å². The number of piperidine rings is 1. The number of hydrogen-bond donors (Lipinski definition) is 4. The number of nitrogens with one attached hydrogen (secondary N) is 4. The minimum atomic E-state index is -0.573. The molecule has 1 fully saturated rings. The van der Waals surface area contributed by atoms with Gasteiger partial charge in [-0.2, -0.15) is 0 Å². The number of amides is 2. The molecular weight excluding hydrogens is 450 g/mol. The third kappa shape index (κ3) is 6.13. The van der Waals surface area contributed by atoms with Crippen LogP contribution in [0.2, 0.25) is 0 Å². The van der Waals surface area contributed by atoms with Crippen molar-refractivity contribution in [3.8, 4) is 11.3 Å². The number of benzene rings is 2. The van der Waals surface area contributed by atoms with Crippen molar-refractivity contribution in [2.24, 2.45) is 5.92 Å². The number of aromatic nitrogens is 2. The molecule has 36 heavy (non-hydrogen) atoms. The van der Waals surface area contributed by atoms with Crippen LogP contribution in [0.3, 0.4) is 0 Å². The number of rotatable bonds is 11. The maximum atomic E-state index is 13.3. The van der Waals surface area contributed by atoms with Crippen LogP contribution in [0.5, 0.6) is 0 Å². The van der Waals surface area contributed by atoms with Gasteiger partial charge in [-0.15, -0.1) is 0 Å². The van der Waals surface area contributed by atoms with Gasteiger partial charge in [0.2, 0.25) is 11.8 Å². The molecule has 7 nitrogen and oxygen atoms in total. The average Bonchev–Trinajstić information content (AvgIpc) is 3.43. The first-order valence-corrected chi connectivity index (χ1v) is 13.3. The van der Waals surface area contributed by atoms with E-state index < -0.39 is 5.54 Å². The number of imidazole rings is 1. The predicted molar refractivity (Wildman–Crippen MR) is 144 cm³/mol. The van der Waals surface area contributed by atoms with Crippen LogP contribution < -0.4 is 16.0 Å². The largest absolute Gasteiger partial charge is 0.359 e. The monoisotopic (exact) mass is 489 g/mol. The summed E-state index contributed by atoms with van der Waals surface area (Å²) >= 11 is 0. The van der Waals surface area contributed by atoms with E-state index in [-0.39, 0.29) is 17.7 Å². The fourth-order valence-corrected chi connectivity index (χ4v) is 5.17. The minimum Gasteiger partial charge on any atom is -0.359 e. The highest BCUT2D eigenvalue weighted by Gasteiger charge is 2.37. The summed E-state index contributed by atoms with van der Waals surface area (Å²) < 4.78 is 0. The highest BCUT2D eigenvalue weighted by molar-refractivity contribution is 5.86. The maximum Gasteiger partial charge on any atom is 0.225 e. The second-order valence-corrected chi connectivity index (χ2v) is 9.91. The fraction of sp³-hybridized carbons (Fsp3) is 0.483. The van der Waals surface area contributed by atoms with Gasteiger partial charge in [-0.3, -0.25) is 9.59 Å². The third-order valence-corrected chi connectivity index (χ3v) is 7.51. The van der Waals surface area contributed by atoms with E-state index in [2.05, 4.69) is 58.2 Å². The molecule has 1 saturated heterocycles. The number of carbonyl (C=O) groups excluding carboxylic acids is 2. The van der Waals surface area contributed by atoms with Crippen molar-refractivity contribution in [1.82, 2.24) is 25.9 Å². The van der Waals surface area contributed by atoms with Gasteiger partial charge in [0.25, 0.3) is 0 Å². The lowest BCUT2D eigenvalue weighted by molar-refractivity contribution is -0.128. The molecule has 0 saturated carbocycles. The molecule has 2 amide bonds. The molecule has 3 aromatic rings. The van der Waals surface area contributed by atoms with E-state index in [0.717, 1.165) is 75.1 Å². The molecule has 1 aliphatic heterocycles. The van der Waals surface area contributed by atoms with Crippen LogP contribution >= 0.6 is 0 Å². The van der Waals surface area contributed by atoms with Gasteiger partial charge in [-0.1, -0.05) is 56.2 Å². The fourth-order valence-electron chi connectivity index (χ4n) is 5.17. The number of hydrogen-bond acceptors (Lipinski definition) is 4. The average molecular weight is 490 g/mol. The van der Waals surface area contributed by atoms with E-state index in [0.29, 0.717) is 6.42 Å². The number of nitrogens with zero attached hydrogens (tertiary/aromatic N) is 1. The Kier molecular flexibility index (Phi) is 8.75. The molecule has 2 atom stereocenters. The highest BCUT2D eigenvalue weighted by atomic mass is 16.2. The summed E-state index contributed by atoms with van der Waals surface area (Å²) in [7, 11) is 1.67. The minimum absolute atomic E-state index is 0.0205. The molecule has 0 radical (unpaired) electrons. The molecule has 7 heteroatoms. The topological polar surface area (TPSA) is 98.9 Å². The van der Waals surface area contributed by atoms with Crippen molar-refractivity contribution in [2.45, 2.75) is 63.8 Å². The lowest BCUT2D eigenvalue weighted by atomic mass is 9.86. The molecule has 1 aliphatic rings. The normalized spacial score (nSPS) is 17.4. The van der Waals surface area contributed by atoms with E-state index in [1.165, 1.54) is 10.8 Å². The van der Waals surface area contributed by atoms with Crippen molar-refractivity contribution >= 4 is 22.6 Å². The van der Waals surface area contributed by atoms with Crippen molar-refractivity contribution in [2.75, 3.05) is 20.1 Å². The van der Waals surface area contributed by atoms with E-state index >= 15 is 0 Å². The molecule has 1 unspecified atom stereocenters. The molecule has 2 heterocycles. The maximum absolute atomic E-state index is 13.3. The number of carbonyl (C=O) groups is 2. The van der Waals surface area contributed by atoms with Crippen molar-refractivity contribution in [3.05, 3.63) is 54.5 Å². The van der Waals surface area contributed by atoms with Crippen LogP contribution in [0.15, 0.2) is 48.7 Å². The summed E-state index contributed by atoms with van der Waals surface area (Å²) in [6, 6.07) is 14.7. The van der Waals surface area contributed by atoms with Crippen LogP contribution in [-0.2, 0) is 15.1 Å². The van der Waals surface area contributed by atoms with E-state index in [1.54, 1.807) is 7.05 Å². The lowest BCUT2D eigenvalue weighted by Gasteiger charge is -2.35. The second-order valence-electron chi connectivity index (χ2n) is 9.91. The standard InChI is InChI=1S/C29H39N5O2/c1-3-29(16-8-4-5-13-26(35)30-2,34-27(36)24-12-9-17-31-19-24)28-32-20-25(33-28)23-15-14-21-10-6-7-11-22(21)18-23/h6-7,10-11,14-15,18,20,24,31H,3-5,8-9,12-13,16-17,19H2,1-2H3,(H,30,35)(H,32,33)(H,34,36)/t24?,29-/m0/s1. The first kappa shape index (κ1) is 25.9. The number of aromatic amines is 1. The van der Waals surface area contributed by atoms with Crippen LogP contribution in [0, 0.1) is 5.92 Å². The molecule has 0 bridgehead atoms. The second kappa shape index (κ2) is 12.2. The van der Waals surface area contributed by atoms with Crippen LogP contribution in [0.1, 0.15) is 64.1 Å². The number of H-pyrrole nitrogens is 1. The molecule has 0 aliphatic carbocycles. The first-order chi connectivity index (χ1) is 17.5. The molecular formula is C29H39N5O2. The quantitative estimate of drug-likeness (QED) is 0.295. The third-order valence-electron chi connectivity index (χ3n) is 7.51. The first-order valence-electron chi connectivity index (χ1n) is 13.3. The Morgan fingerprint density at radius 1 is 1.11 bits per heavy atom. The van der Waals surface area contributed by atoms with Gasteiger partial charge in [0.05, 0.1) is 23.3 Å². The van der Waals surface area contributed by atoms with Gasteiger partial charge < -0.3 is 20.9 Å². The van der Waals surface area contributed by atoms with Gasteiger partial charge in [-0.25, -0.2) is 4.98 Å². The van der Waals surface area contributed by atoms with E-state index in [9.17, 15) is 9.59 Å². The zero-order chi connectivity index (χ0) is 25.4. The summed E-state index contributed by atoms with van der Waals surface area (Å²) in [6.07, 6.45) is 8.50. The molecule has 192 valence electrons. The van der Waals surface area contributed by atoms with E-state index in [4.69, 9.17) is 4.98 Å². The summed E-state index contributed by atoms with van der Waals surface area (Å²) in [5.74, 6) is 0.948. The van der Waals surface area contributed by atoms with Gasteiger partial charge in [0.15, 0.2) is 0 Å². The Morgan fingerprint density at radius 2 is 1.94 bits per heavy atom. The summed E-state index contributed by atoms with van der Waals surface area (Å²) in [5.41, 5.74) is 1.45. The summed E-state index contributed by atoms with van der Waals surface area (Å²) in [6.45, 7) is 3.81. The Hall–Kier alpha value is -3.19. The number of fused-ring (bicyclic) bond motifs is 1. The lowest BCUT2D eigenvalue weighted by Crippen LogP contribution is -2.51. The Labute approximate surface area is 213 Å². The smallest absolute Gasteiger partial charge is 0.225 e. The van der Waals surface area contributed by atoms with Crippen LogP contribution in [0.4, 0.5) is 0 Å². The van der Waals surface area contributed by atoms with Crippen molar-refractivity contribution < 1.29 is 9.59 Å².